The monoisotopic (exact) mass is 572 g/mol. The van der Waals surface area contributed by atoms with E-state index in [4.69, 9.17) is 14.5 Å². The molecule has 1 heterocycles. The van der Waals surface area contributed by atoms with Crippen molar-refractivity contribution in [3.8, 4) is 0 Å². The molecule has 3 N–H and O–H groups in total. The summed E-state index contributed by atoms with van der Waals surface area (Å²) in [5, 5.41) is 9.75. The lowest BCUT2D eigenvalue weighted by Crippen LogP contribution is -2.38. The highest BCUT2D eigenvalue weighted by Gasteiger charge is 2.21. The van der Waals surface area contributed by atoms with Crippen molar-refractivity contribution >= 4 is 41.5 Å². The molecule has 1 unspecified atom stereocenters. The fourth-order valence-electron chi connectivity index (χ4n) is 4.24. The molecule has 1 amide bonds. The minimum absolute atomic E-state index is 0. The summed E-state index contributed by atoms with van der Waals surface area (Å²) < 4.78 is 11.3. The normalized spacial score (nSPS) is 19.1. The van der Waals surface area contributed by atoms with E-state index in [1.54, 1.807) is 0 Å². The molecule has 0 bridgehead atoms. The van der Waals surface area contributed by atoms with Gasteiger partial charge in [0.05, 0.1) is 19.3 Å². The zero-order chi connectivity index (χ0) is 22.4. The van der Waals surface area contributed by atoms with E-state index in [0.717, 1.165) is 88.5 Å². The van der Waals surface area contributed by atoms with Crippen molar-refractivity contribution in [3.05, 3.63) is 29.8 Å². The van der Waals surface area contributed by atoms with Crippen LogP contribution in [0.3, 0.4) is 0 Å². The highest BCUT2D eigenvalue weighted by molar-refractivity contribution is 14.0. The largest absolute Gasteiger partial charge is 0.379 e. The second kappa shape index (κ2) is 16.3. The Hall–Kier alpha value is -1.39. The van der Waals surface area contributed by atoms with Gasteiger partial charge in [-0.05, 0) is 56.7 Å². The number of ether oxygens (including phenoxy) is 2. The average Bonchev–Trinajstić information content (AvgIpc) is 3.34. The molecule has 1 aliphatic heterocycles. The molecule has 3 rings (SSSR count). The smallest absolute Gasteiger partial charge is 0.227 e. The minimum Gasteiger partial charge on any atom is -0.379 e. The molecule has 0 aromatic heterocycles. The lowest BCUT2D eigenvalue weighted by molar-refractivity contribution is -0.120. The van der Waals surface area contributed by atoms with Gasteiger partial charge >= 0.3 is 0 Å². The predicted octanol–water partition coefficient (Wildman–Crippen LogP) is 4.46. The van der Waals surface area contributed by atoms with Gasteiger partial charge in [0, 0.05) is 37.9 Å². The summed E-state index contributed by atoms with van der Waals surface area (Å²) in [7, 11) is 0. The molecule has 7 nitrogen and oxygen atoms in total. The number of benzene rings is 1. The first-order valence-electron chi connectivity index (χ1n) is 12.4. The number of nitrogens with one attached hydrogen (secondary N) is 3. The van der Waals surface area contributed by atoms with Gasteiger partial charge in [-0.15, -0.1) is 24.0 Å². The maximum Gasteiger partial charge on any atom is 0.227 e. The van der Waals surface area contributed by atoms with E-state index >= 15 is 0 Å². The molecule has 1 saturated heterocycles. The van der Waals surface area contributed by atoms with Gasteiger partial charge in [0.25, 0.3) is 0 Å². The number of rotatable bonds is 11. The molecule has 1 aromatic carbocycles. The summed E-state index contributed by atoms with van der Waals surface area (Å²) in [6.45, 7) is 6.50. The molecule has 2 fully saturated rings. The number of amides is 1. The van der Waals surface area contributed by atoms with E-state index in [1.807, 2.05) is 24.3 Å². The Bertz CT molecular complexity index is 719. The Morgan fingerprint density at radius 2 is 2.00 bits per heavy atom. The number of halogens is 1. The van der Waals surface area contributed by atoms with Crippen LogP contribution in [0.5, 0.6) is 0 Å². The van der Waals surface area contributed by atoms with Crippen LogP contribution in [0.25, 0.3) is 0 Å². The quantitative estimate of drug-likeness (QED) is 0.158. The second-order valence-electron chi connectivity index (χ2n) is 8.71. The van der Waals surface area contributed by atoms with E-state index in [1.165, 1.54) is 6.42 Å². The number of carbonyl (C=O) groups is 1. The van der Waals surface area contributed by atoms with Crippen molar-refractivity contribution < 1.29 is 14.3 Å². The van der Waals surface area contributed by atoms with Crippen molar-refractivity contribution in [2.24, 2.45) is 10.9 Å². The molecule has 2 aliphatic rings. The van der Waals surface area contributed by atoms with E-state index in [-0.39, 0.29) is 41.9 Å². The number of anilines is 1. The van der Waals surface area contributed by atoms with Crippen LogP contribution in [0.4, 0.5) is 5.69 Å². The van der Waals surface area contributed by atoms with Gasteiger partial charge in [0.15, 0.2) is 5.96 Å². The number of hydrogen-bond acceptors (Lipinski definition) is 4. The molecular weight excluding hydrogens is 531 g/mol. The minimum atomic E-state index is 0. The van der Waals surface area contributed by atoms with Crippen molar-refractivity contribution in [1.29, 1.82) is 0 Å². The van der Waals surface area contributed by atoms with Crippen molar-refractivity contribution in [2.45, 2.75) is 70.9 Å². The summed E-state index contributed by atoms with van der Waals surface area (Å²) in [6, 6.07) is 8.00. The van der Waals surface area contributed by atoms with Crippen LogP contribution >= 0.6 is 24.0 Å². The Morgan fingerprint density at radius 1 is 1.15 bits per heavy atom. The third-order valence-corrected chi connectivity index (χ3v) is 6.02. The Morgan fingerprint density at radius 3 is 2.76 bits per heavy atom. The summed E-state index contributed by atoms with van der Waals surface area (Å²) in [4.78, 5) is 17.2. The fraction of sp³-hybridized carbons (Fsp3) is 0.680. The van der Waals surface area contributed by atoms with Crippen LogP contribution < -0.4 is 16.0 Å². The standard InChI is InChI=1S/C25H40N4O3.HI/c1-2-26-25(27-14-8-15-31-19-23-13-7-16-32-23)28-18-20-9-6-12-22(17-20)29-24(30)21-10-4-3-5-11-21;/h6,9,12,17,21,23H,2-5,7-8,10-11,13-16,18-19H2,1H3,(H,29,30)(H2,26,27,28);1H. The molecule has 1 saturated carbocycles. The summed E-state index contributed by atoms with van der Waals surface area (Å²) in [5.74, 6) is 1.11. The maximum atomic E-state index is 12.5. The van der Waals surface area contributed by atoms with Crippen molar-refractivity contribution in [2.75, 3.05) is 38.2 Å². The number of nitrogens with zero attached hydrogens (tertiary/aromatic N) is 1. The molecule has 8 heteroatoms. The lowest BCUT2D eigenvalue weighted by atomic mass is 9.88. The Kier molecular flexibility index (Phi) is 13.7. The van der Waals surface area contributed by atoms with E-state index in [9.17, 15) is 4.79 Å². The van der Waals surface area contributed by atoms with Crippen LogP contribution in [-0.2, 0) is 20.8 Å². The predicted molar refractivity (Wildman–Crippen MR) is 144 cm³/mol. The van der Waals surface area contributed by atoms with Crippen LogP contribution in [0.2, 0.25) is 0 Å². The van der Waals surface area contributed by atoms with Crippen LogP contribution in [-0.4, -0.2) is 50.9 Å². The maximum absolute atomic E-state index is 12.5. The molecule has 186 valence electrons. The van der Waals surface area contributed by atoms with E-state index in [0.29, 0.717) is 13.2 Å². The van der Waals surface area contributed by atoms with Gasteiger partial charge in [0.1, 0.15) is 0 Å². The summed E-state index contributed by atoms with van der Waals surface area (Å²) >= 11 is 0. The van der Waals surface area contributed by atoms with Crippen LogP contribution in [0.15, 0.2) is 29.3 Å². The van der Waals surface area contributed by atoms with Gasteiger partial charge in [-0.2, -0.15) is 0 Å². The first-order chi connectivity index (χ1) is 15.7. The Balaban J connectivity index is 0.00000385. The van der Waals surface area contributed by atoms with Gasteiger partial charge < -0.3 is 25.4 Å². The third-order valence-electron chi connectivity index (χ3n) is 6.02. The van der Waals surface area contributed by atoms with E-state index < -0.39 is 0 Å². The number of aliphatic imine (C=N–C) groups is 1. The second-order valence-corrected chi connectivity index (χ2v) is 8.71. The van der Waals surface area contributed by atoms with Gasteiger partial charge in [0.2, 0.25) is 5.91 Å². The van der Waals surface area contributed by atoms with Crippen LogP contribution in [0, 0.1) is 5.92 Å². The average molecular weight is 573 g/mol. The highest BCUT2D eigenvalue weighted by atomic mass is 127. The van der Waals surface area contributed by atoms with Gasteiger partial charge in [-0.1, -0.05) is 31.4 Å². The zero-order valence-electron chi connectivity index (χ0n) is 19.9. The number of guanidine groups is 1. The molecule has 1 aliphatic carbocycles. The molecule has 33 heavy (non-hydrogen) atoms. The van der Waals surface area contributed by atoms with E-state index in [2.05, 4.69) is 22.9 Å². The summed E-state index contributed by atoms with van der Waals surface area (Å²) in [6.07, 6.45) is 9.04. The zero-order valence-corrected chi connectivity index (χ0v) is 22.3. The highest BCUT2D eigenvalue weighted by Crippen LogP contribution is 2.25. The van der Waals surface area contributed by atoms with Crippen LogP contribution in [0.1, 0.15) is 63.9 Å². The number of carbonyl (C=O) groups excluding carboxylic acids is 1. The first-order valence-corrected chi connectivity index (χ1v) is 12.4. The SMILES string of the molecule is CCNC(=NCc1cccc(NC(=O)C2CCCCC2)c1)NCCCOCC1CCCO1.I. The lowest BCUT2D eigenvalue weighted by Gasteiger charge is -2.20. The van der Waals surface area contributed by atoms with Gasteiger partial charge in [-0.25, -0.2) is 4.99 Å². The van der Waals surface area contributed by atoms with Gasteiger partial charge in [-0.3, -0.25) is 4.79 Å². The van der Waals surface area contributed by atoms with Crippen molar-refractivity contribution in [1.82, 2.24) is 10.6 Å². The topological polar surface area (TPSA) is 84.0 Å². The summed E-state index contributed by atoms with van der Waals surface area (Å²) in [5.41, 5.74) is 1.93. The fourth-order valence-corrected chi connectivity index (χ4v) is 4.24. The third kappa shape index (κ3) is 10.6. The van der Waals surface area contributed by atoms with Crippen molar-refractivity contribution in [3.63, 3.8) is 0 Å². The molecule has 1 aromatic rings. The molecule has 0 radical (unpaired) electrons. The Labute approximate surface area is 215 Å². The first kappa shape index (κ1) is 27.9. The number of hydrogen-bond donors (Lipinski definition) is 3. The molecule has 0 spiro atoms. The molecule has 1 atom stereocenters. The molecular formula is C25H41IN4O3.